The van der Waals surface area contributed by atoms with Gasteiger partial charge in [-0.15, -0.1) is 0 Å². The van der Waals surface area contributed by atoms with Gasteiger partial charge < -0.3 is 10.3 Å². The van der Waals surface area contributed by atoms with E-state index in [9.17, 15) is 14.0 Å². The van der Waals surface area contributed by atoms with Crippen molar-refractivity contribution in [3.05, 3.63) is 111 Å². The molecule has 0 aliphatic rings. The van der Waals surface area contributed by atoms with Crippen LogP contribution < -0.4 is 11.2 Å². The van der Waals surface area contributed by atoms with Gasteiger partial charge in [0.2, 0.25) is 5.43 Å². The number of nitrogens with two attached hydrogens (primary N) is 1. The zero-order chi connectivity index (χ0) is 21.3. The topological polar surface area (TPSA) is 65.1 Å². The van der Waals surface area contributed by atoms with Gasteiger partial charge in [0.05, 0.1) is 5.52 Å². The minimum atomic E-state index is -0.789. The van der Waals surface area contributed by atoms with E-state index in [1.165, 1.54) is 29.5 Å². The molecule has 4 aromatic rings. The Bertz CT molecular complexity index is 1310. The lowest BCUT2D eigenvalue weighted by molar-refractivity contribution is 0.0999. The molecule has 0 saturated carbocycles. The number of rotatable bonds is 5. The van der Waals surface area contributed by atoms with E-state index in [4.69, 9.17) is 5.73 Å². The Labute approximate surface area is 173 Å². The Morgan fingerprint density at radius 3 is 2.33 bits per heavy atom. The summed E-state index contributed by atoms with van der Waals surface area (Å²) in [5.41, 5.74) is 9.66. The molecule has 0 fully saturated rings. The Kier molecular flexibility index (Phi) is 5.19. The van der Waals surface area contributed by atoms with Crippen LogP contribution in [0.4, 0.5) is 4.39 Å². The molecule has 0 saturated heterocycles. The highest BCUT2D eigenvalue weighted by Crippen LogP contribution is 2.20. The summed E-state index contributed by atoms with van der Waals surface area (Å²) in [5.74, 6) is -1.15. The smallest absolute Gasteiger partial charge is 0.254 e. The monoisotopic (exact) mass is 400 g/mol. The minimum absolute atomic E-state index is 0.0948. The average molecular weight is 400 g/mol. The number of fused-ring (bicyclic) bond motifs is 1. The molecule has 3 aromatic carbocycles. The van der Waals surface area contributed by atoms with Gasteiger partial charge in [0, 0.05) is 17.3 Å². The summed E-state index contributed by atoms with van der Waals surface area (Å²) >= 11 is 0. The van der Waals surface area contributed by atoms with Crippen molar-refractivity contribution in [3.63, 3.8) is 0 Å². The van der Waals surface area contributed by atoms with E-state index in [0.29, 0.717) is 16.6 Å². The Hall–Kier alpha value is -3.73. The van der Waals surface area contributed by atoms with Crippen LogP contribution in [0.1, 0.15) is 27.0 Å². The molecular formula is C25H21FN2O2. The normalized spacial score (nSPS) is 11.0. The first-order chi connectivity index (χ1) is 14.4. The van der Waals surface area contributed by atoms with Crippen molar-refractivity contribution in [1.29, 1.82) is 0 Å². The first-order valence-electron chi connectivity index (χ1n) is 9.72. The lowest BCUT2D eigenvalue weighted by Crippen LogP contribution is -2.24. The van der Waals surface area contributed by atoms with Gasteiger partial charge in [0.25, 0.3) is 5.91 Å². The van der Waals surface area contributed by atoms with Crippen molar-refractivity contribution in [2.45, 2.75) is 19.8 Å². The number of amides is 1. The van der Waals surface area contributed by atoms with Gasteiger partial charge >= 0.3 is 0 Å². The third kappa shape index (κ3) is 3.87. The number of halogens is 1. The van der Waals surface area contributed by atoms with Gasteiger partial charge in [0.1, 0.15) is 11.4 Å². The molecule has 0 aliphatic heterocycles. The number of carbonyl (C=O) groups is 1. The van der Waals surface area contributed by atoms with Crippen molar-refractivity contribution in [3.8, 4) is 5.69 Å². The molecule has 0 aliphatic carbocycles. The zero-order valence-corrected chi connectivity index (χ0v) is 16.6. The number of aryl methyl sites for hydroxylation is 3. The molecule has 4 rings (SSSR count). The number of hydrogen-bond acceptors (Lipinski definition) is 2. The molecular weight excluding hydrogens is 379 g/mol. The van der Waals surface area contributed by atoms with Crippen LogP contribution in [-0.2, 0) is 12.8 Å². The van der Waals surface area contributed by atoms with Gasteiger partial charge in [-0.25, -0.2) is 4.39 Å². The summed E-state index contributed by atoms with van der Waals surface area (Å²) in [6, 6.07) is 19.8. The molecule has 4 nitrogen and oxygen atoms in total. The van der Waals surface area contributed by atoms with Crippen molar-refractivity contribution in [1.82, 2.24) is 4.57 Å². The maximum Gasteiger partial charge on any atom is 0.254 e. The van der Waals surface area contributed by atoms with Crippen LogP contribution >= 0.6 is 0 Å². The van der Waals surface area contributed by atoms with Gasteiger partial charge in [-0.05, 0) is 67.3 Å². The molecule has 0 bridgehead atoms. The molecule has 150 valence electrons. The molecule has 5 heteroatoms. The number of benzene rings is 3. The van der Waals surface area contributed by atoms with Gasteiger partial charge in [-0.1, -0.05) is 35.9 Å². The SMILES string of the molecule is Cc1cccc(CCc2ccc3c(c2)c(=O)c(C(N)=O)cn3-c2ccc(F)cc2)c1. The maximum atomic E-state index is 13.4. The van der Waals surface area contributed by atoms with Crippen LogP contribution in [0.25, 0.3) is 16.6 Å². The molecule has 1 aromatic heterocycles. The maximum absolute atomic E-state index is 13.4. The fourth-order valence-electron chi connectivity index (χ4n) is 3.68. The van der Waals surface area contributed by atoms with E-state index in [1.54, 1.807) is 16.7 Å². The summed E-state index contributed by atoms with van der Waals surface area (Å²) in [4.78, 5) is 24.8. The van der Waals surface area contributed by atoms with Gasteiger partial charge in [-0.3, -0.25) is 9.59 Å². The molecule has 1 heterocycles. The van der Waals surface area contributed by atoms with E-state index in [0.717, 1.165) is 18.4 Å². The summed E-state index contributed by atoms with van der Waals surface area (Å²) in [6.45, 7) is 2.06. The van der Waals surface area contributed by atoms with Crippen LogP contribution in [0.15, 0.2) is 77.7 Å². The van der Waals surface area contributed by atoms with Crippen LogP contribution in [0, 0.1) is 12.7 Å². The lowest BCUT2D eigenvalue weighted by Gasteiger charge is -2.14. The summed E-state index contributed by atoms with van der Waals surface area (Å²) in [5, 5.41) is 0.414. The lowest BCUT2D eigenvalue weighted by atomic mass is 10.0. The molecule has 0 unspecified atom stereocenters. The summed E-state index contributed by atoms with van der Waals surface area (Å²) < 4.78 is 15.1. The second kappa shape index (κ2) is 7.95. The minimum Gasteiger partial charge on any atom is -0.365 e. The van der Waals surface area contributed by atoms with E-state index < -0.39 is 11.3 Å². The fraction of sp³-hybridized carbons (Fsp3) is 0.120. The van der Waals surface area contributed by atoms with E-state index in [2.05, 4.69) is 25.1 Å². The summed E-state index contributed by atoms with van der Waals surface area (Å²) in [7, 11) is 0. The van der Waals surface area contributed by atoms with Gasteiger partial charge in [0.15, 0.2) is 0 Å². The molecule has 1 amide bonds. The van der Waals surface area contributed by atoms with Crippen molar-refractivity contribution < 1.29 is 9.18 Å². The number of carbonyl (C=O) groups excluding carboxylic acids is 1. The Morgan fingerprint density at radius 1 is 0.967 bits per heavy atom. The second-order valence-corrected chi connectivity index (χ2v) is 7.42. The largest absolute Gasteiger partial charge is 0.365 e. The second-order valence-electron chi connectivity index (χ2n) is 7.42. The molecule has 0 radical (unpaired) electrons. The van der Waals surface area contributed by atoms with Gasteiger partial charge in [-0.2, -0.15) is 0 Å². The third-order valence-electron chi connectivity index (χ3n) is 5.22. The van der Waals surface area contributed by atoms with Crippen molar-refractivity contribution in [2.24, 2.45) is 5.73 Å². The number of aromatic nitrogens is 1. The van der Waals surface area contributed by atoms with Crippen molar-refractivity contribution >= 4 is 16.8 Å². The first kappa shape index (κ1) is 19.6. The average Bonchev–Trinajstić information content (AvgIpc) is 2.73. The Balaban J connectivity index is 1.80. The predicted molar refractivity (Wildman–Crippen MR) is 117 cm³/mol. The van der Waals surface area contributed by atoms with E-state index in [-0.39, 0.29) is 11.4 Å². The highest BCUT2D eigenvalue weighted by atomic mass is 19.1. The quantitative estimate of drug-likeness (QED) is 0.542. The fourth-order valence-corrected chi connectivity index (χ4v) is 3.68. The number of nitrogens with zero attached hydrogens (tertiary/aromatic N) is 1. The number of hydrogen-bond donors (Lipinski definition) is 1. The molecule has 30 heavy (non-hydrogen) atoms. The van der Waals surface area contributed by atoms with Crippen LogP contribution in [0.2, 0.25) is 0 Å². The van der Waals surface area contributed by atoms with Crippen LogP contribution in [0.5, 0.6) is 0 Å². The molecule has 0 spiro atoms. The predicted octanol–water partition coefficient (Wildman–Crippen LogP) is 4.32. The highest BCUT2D eigenvalue weighted by Gasteiger charge is 2.15. The first-order valence-corrected chi connectivity index (χ1v) is 9.72. The Morgan fingerprint density at radius 2 is 1.67 bits per heavy atom. The van der Waals surface area contributed by atoms with Crippen molar-refractivity contribution in [2.75, 3.05) is 0 Å². The third-order valence-corrected chi connectivity index (χ3v) is 5.22. The van der Waals surface area contributed by atoms with E-state index in [1.807, 2.05) is 24.3 Å². The number of primary amides is 1. The van der Waals surface area contributed by atoms with Crippen LogP contribution in [-0.4, -0.2) is 10.5 Å². The highest BCUT2D eigenvalue weighted by molar-refractivity contribution is 5.96. The molecule has 2 N–H and O–H groups in total. The zero-order valence-electron chi connectivity index (χ0n) is 16.6. The van der Waals surface area contributed by atoms with E-state index >= 15 is 0 Å². The molecule has 0 atom stereocenters. The standard InChI is InChI=1S/C25H21FN2O2/c1-16-3-2-4-17(13-16)5-6-18-7-12-23-21(14-18)24(29)22(25(27)30)15-28(23)20-10-8-19(26)9-11-20/h2-4,7-15H,5-6H2,1H3,(H2,27,30). The summed E-state index contributed by atoms with van der Waals surface area (Å²) in [6.07, 6.45) is 3.03. The van der Waals surface area contributed by atoms with Crippen LogP contribution in [0.3, 0.4) is 0 Å². The number of pyridine rings is 1.